The normalized spacial score (nSPS) is 15.5. The van der Waals surface area contributed by atoms with Crippen molar-refractivity contribution in [3.05, 3.63) is 54.1 Å². The molecule has 1 aliphatic rings. The number of carbonyl (C=O) groups excluding carboxylic acids is 2. The zero-order valence-electron chi connectivity index (χ0n) is 17.6. The van der Waals surface area contributed by atoms with Crippen LogP contribution in [0.15, 0.2) is 48.5 Å². The summed E-state index contributed by atoms with van der Waals surface area (Å²) in [4.78, 5) is 25.5. The van der Waals surface area contributed by atoms with Crippen molar-refractivity contribution in [3.63, 3.8) is 0 Å². The summed E-state index contributed by atoms with van der Waals surface area (Å²) in [5.74, 6) is -0.596. The van der Waals surface area contributed by atoms with E-state index in [1.807, 2.05) is 6.92 Å². The van der Waals surface area contributed by atoms with Crippen LogP contribution in [0.1, 0.15) is 37.0 Å². The van der Waals surface area contributed by atoms with E-state index in [1.54, 1.807) is 55.5 Å². The second-order valence-electron chi connectivity index (χ2n) is 7.15. The van der Waals surface area contributed by atoms with Crippen LogP contribution in [0, 0.1) is 0 Å². The molecule has 31 heavy (non-hydrogen) atoms. The molecule has 2 aromatic rings. The highest BCUT2D eigenvalue weighted by molar-refractivity contribution is 7.92. The molecule has 166 valence electrons. The van der Waals surface area contributed by atoms with E-state index in [1.165, 1.54) is 4.31 Å². The highest BCUT2D eigenvalue weighted by atomic mass is 32.2. The monoisotopic (exact) mass is 445 g/mol. The van der Waals surface area contributed by atoms with Gasteiger partial charge in [0.2, 0.25) is 10.0 Å². The number of unbranched alkanes of at least 4 members (excludes halogenated alkanes) is 1. The molecule has 2 N–H and O–H groups in total. The summed E-state index contributed by atoms with van der Waals surface area (Å²) in [5, 5.41) is 5.56. The van der Waals surface area contributed by atoms with Crippen LogP contribution < -0.4 is 19.7 Å². The number of fused-ring (bicyclic) bond motifs is 1. The number of ether oxygens (including phenoxy) is 1. The van der Waals surface area contributed by atoms with Crippen LogP contribution in [0.3, 0.4) is 0 Å². The van der Waals surface area contributed by atoms with Gasteiger partial charge in [-0.05, 0) is 37.6 Å². The molecule has 0 saturated heterocycles. The van der Waals surface area contributed by atoms with Crippen molar-refractivity contribution in [1.82, 2.24) is 5.32 Å². The fourth-order valence-corrected chi connectivity index (χ4v) is 4.36. The maximum absolute atomic E-state index is 13.0. The smallest absolute Gasteiger partial charge is 0.267 e. The molecular weight excluding hydrogens is 418 g/mol. The molecule has 0 aliphatic carbocycles. The largest absolute Gasteiger partial charge is 0.476 e. The lowest BCUT2D eigenvalue weighted by Gasteiger charge is -2.34. The van der Waals surface area contributed by atoms with E-state index in [9.17, 15) is 18.0 Å². The minimum absolute atomic E-state index is 0.101. The number of nitrogens with one attached hydrogen (secondary N) is 2. The van der Waals surface area contributed by atoms with Crippen molar-refractivity contribution in [2.75, 3.05) is 28.5 Å². The van der Waals surface area contributed by atoms with Crippen LogP contribution in [0.5, 0.6) is 5.75 Å². The van der Waals surface area contributed by atoms with E-state index in [4.69, 9.17) is 4.74 Å². The second-order valence-corrected chi connectivity index (χ2v) is 9.33. The quantitative estimate of drug-likeness (QED) is 0.608. The molecule has 0 aromatic heterocycles. The van der Waals surface area contributed by atoms with Gasteiger partial charge in [0.25, 0.3) is 11.8 Å². The van der Waals surface area contributed by atoms with Crippen molar-refractivity contribution in [2.24, 2.45) is 0 Å². The zero-order valence-corrected chi connectivity index (χ0v) is 18.4. The van der Waals surface area contributed by atoms with Gasteiger partial charge in [-0.2, -0.15) is 0 Å². The topological polar surface area (TPSA) is 105 Å². The lowest BCUT2D eigenvalue weighted by Crippen LogP contribution is -2.49. The minimum atomic E-state index is -3.60. The molecule has 0 radical (unpaired) electrons. The fraction of sp³-hybridized carbons (Fsp3) is 0.364. The van der Waals surface area contributed by atoms with E-state index < -0.39 is 22.0 Å². The minimum Gasteiger partial charge on any atom is -0.476 e. The SMILES string of the molecule is CCCCNC(=O)c1ccccc1NC(=O)[C@@H]1CN(S(=O)(=O)CC)c2ccccc2O1. The summed E-state index contributed by atoms with van der Waals surface area (Å²) in [6.07, 6.45) is 0.751. The second kappa shape index (κ2) is 9.82. The van der Waals surface area contributed by atoms with Crippen molar-refractivity contribution in [2.45, 2.75) is 32.8 Å². The number of benzene rings is 2. The molecule has 1 aliphatic heterocycles. The maximum Gasteiger partial charge on any atom is 0.267 e. The molecule has 0 spiro atoms. The number of hydrogen-bond donors (Lipinski definition) is 2. The highest BCUT2D eigenvalue weighted by Gasteiger charge is 2.36. The Labute approximate surface area is 182 Å². The van der Waals surface area contributed by atoms with Crippen LogP contribution in [0.2, 0.25) is 0 Å². The van der Waals surface area contributed by atoms with Gasteiger partial charge in [0.1, 0.15) is 5.75 Å². The van der Waals surface area contributed by atoms with Gasteiger partial charge in [-0.1, -0.05) is 37.6 Å². The predicted octanol–water partition coefficient (Wildman–Crippen LogP) is 2.77. The average molecular weight is 446 g/mol. The van der Waals surface area contributed by atoms with Gasteiger partial charge in [-0.15, -0.1) is 0 Å². The molecule has 1 atom stereocenters. The molecule has 1 heterocycles. The number of rotatable bonds is 8. The molecule has 2 amide bonds. The number of para-hydroxylation sites is 3. The zero-order chi connectivity index (χ0) is 22.4. The third-order valence-corrected chi connectivity index (χ3v) is 6.72. The lowest BCUT2D eigenvalue weighted by atomic mass is 10.1. The molecule has 2 aromatic carbocycles. The van der Waals surface area contributed by atoms with Crippen molar-refractivity contribution >= 4 is 33.2 Å². The Hall–Kier alpha value is -3.07. The van der Waals surface area contributed by atoms with Crippen molar-refractivity contribution in [3.8, 4) is 5.75 Å². The molecule has 0 saturated carbocycles. The van der Waals surface area contributed by atoms with Gasteiger partial charge in [-0.25, -0.2) is 8.42 Å². The molecule has 0 unspecified atom stereocenters. The number of anilines is 2. The molecule has 0 fully saturated rings. The highest BCUT2D eigenvalue weighted by Crippen LogP contribution is 2.35. The number of nitrogens with zero attached hydrogens (tertiary/aromatic N) is 1. The van der Waals surface area contributed by atoms with Crippen LogP contribution >= 0.6 is 0 Å². The Morgan fingerprint density at radius 1 is 1.10 bits per heavy atom. The first-order chi connectivity index (χ1) is 14.9. The first kappa shape index (κ1) is 22.6. The van der Waals surface area contributed by atoms with Crippen molar-refractivity contribution in [1.29, 1.82) is 0 Å². The van der Waals surface area contributed by atoms with Gasteiger partial charge >= 0.3 is 0 Å². The summed E-state index contributed by atoms with van der Waals surface area (Å²) in [6.45, 7) is 3.98. The molecule has 3 rings (SSSR count). The fourth-order valence-electron chi connectivity index (χ4n) is 3.24. The molecule has 9 heteroatoms. The Balaban J connectivity index is 1.81. The standard InChI is InChI=1S/C22H27N3O5S/c1-3-5-14-23-21(26)16-10-6-7-11-17(16)24-22(27)20-15-25(31(28,29)4-2)18-12-8-9-13-19(18)30-20/h6-13,20H,3-5,14-15H2,1-2H3,(H,23,26)(H,24,27)/t20-/m0/s1. The summed E-state index contributed by atoms with van der Waals surface area (Å²) < 4.78 is 32.2. The number of sulfonamides is 1. The number of carbonyl (C=O) groups is 2. The van der Waals surface area contributed by atoms with E-state index in [0.717, 1.165) is 12.8 Å². The number of hydrogen-bond acceptors (Lipinski definition) is 5. The summed E-state index contributed by atoms with van der Waals surface area (Å²) >= 11 is 0. The van der Waals surface area contributed by atoms with Gasteiger partial charge in [-0.3, -0.25) is 13.9 Å². The summed E-state index contributed by atoms with van der Waals surface area (Å²) in [6, 6.07) is 13.4. The van der Waals surface area contributed by atoms with Crippen LogP contribution in [-0.2, 0) is 14.8 Å². The van der Waals surface area contributed by atoms with Crippen LogP contribution in [-0.4, -0.2) is 45.2 Å². The third kappa shape index (κ3) is 5.16. The van der Waals surface area contributed by atoms with Crippen LogP contribution in [0.4, 0.5) is 11.4 Å². The number of amides is 2. The van der Waals surface area contributed by atoms with Gasteiger partial charge in [0.15, 0.2) is 6.10 Å². The van der Waals surface area contributed by atoms with E-state index >= 15 is 0 Å². The first-order valence-electron chi connectivity index (χ1n) is 10.3. The maximum atomic E-state index is 13.0. The van der Waals surface area contributed by atoms with E-state index in [0.29, 0.717) is 29.2 Å². The van der Waals surface area contributed by atoms with Gasteiger partial charge < -0.3 is 15.4 Å². The van der Waals surface area contributed by atoms with E-state index in [-0.39, 0.29) is 18.2 Å². The summed E-state index contributed by atoms with van der Waals surface area (Å²) in [7, 11) is -3.60. The third-order valence-electron chi connectivity index (χ3n) is 4.97. The Kier molecular flexibility index (Phi) is 7.17. The average Bonchev–Trinajstić information content (AvgIpc) is 2.78. The van der Waals surface area contributed by atoms with Crippen LogP contribution in [0.25, 0.3) is 0 Å². The van der Waals surface area contributed by atoms with E-state index in [2.05, 4.69) is 10.6 Å². The molecule has 0 bridgehead atoms. The summed E-state index contributed by atoms with van der Waals surface area (Å²) in [5.41, 5.74) is 1.08. The molecule has 8 nitrogen and oxygen atoms in total. The first-order valence-corrected chi connectivity index (χ1v) is 11.9. The van der Waals surface area contributed by atoms with Gasteiger partial charge in [0.05, 0.1) is 29.2 Å². The Morgan fingerprint density at radius 3 is 2.55 bits per heavy atom. The van der Waals surface area contributed by atoms with Gasteiger partial charge in [0, 0.05) is 6.54 Å². The van der Waals surface area contributed by atoms with Crippen molar-refractivity contribution < 1.29 is 22.7 Å². The Morgan fingerprint density at radius 2 is 1.81 bits per heavy atom. The Bertz CT molecular complexity index is 1050. The lowest BCUT2D eigenvalue weighted by molar-refractivity contribution is -0.122. The predicted molar refractivity (Wildman–Crippen MR) is 120 cm³/mol. The molecular formula is C22H27N3O5S.